The van der Waals surface area contributed by atoms with Gasteiger partial charge in [0.2, 0.25) is 0 Å². The van der Waals surface area contributed by atoms with E-state index in [0.717, 1.165) is 6.54 Å². The molecule has 3 aromatic rings. The molecule has 3 N–H and O–H groups in total. The Balaban J connectivity index is 2.20. The topological polar surface area (TPSA) is 27.6 Å². The lowest BCUT2D eigenvalue weighted by molar-refractivity contribution is -0.368. The van der Waals surface area contributed by atoms with Crippen LogP contribution in [0.25, 0.3) is 0 Å². The minimum atomic E-state index is -1.61. The van der Waals surface area contributed by atoms with Crippen molar-refractivity contribution in [3.8, 4) is 0 Å². The highest BCUT2D eigenvalue weighted by atomic mass is 31.2. The fourth-order valence-electron chi connectivity index (χ4n) is 3.41. The van der Waals surface area contributed by atoms with Crippen molar-refractivity contribution in [1.82, 2.24) is 0 Å². The van der Waals surface area contributed by atoms with Crippen molar-refractivity contribution in [1.29, 1.82) is 0 Å². The van der Waals surface area contributed by atoms with Crippen LogP contribution in [-0.4, -0.2) is 12.7 Å². The first-order valence-electron chi connectivity index (χ1n) is 8.72. The summed E-state index contributed by atoms with van der Waals surface area (Å²) in [6, 6.07) is 33.3. The van der Waals surface area contributed by atoms with Gasteiger partial charge in [0.15, 0.2) is 0 Å². The van der Waals surface area contributed by atoms with Gasteiger partial charge in [-0.15, -0.1) is 0 Å². The first kappa shape index (κ1) is 16.9. The monoisotopic (exact) mass is 335 g/mol. The van der Waals surface area contributed by atoms with E-state index >= 15 is 0 Å². The van der Waals surface area contributed by atoms with Crippen LogP contribution in [0, 0.1) is 0 Å². The van der Waals surface area contributed by atoms with Gasteiger partial charge in [0.05, 0.1) is 12.7 Å². The molecular formula is C22H26NP+2. The summed E-state index contributed by atoms with van der Waals surface area (Å²) in [5.74, 6) is 0. The van der Waals surface area contributed by atoms with Crippen molar-refractivity contribution >= 4 is 23.2 Å². The molecule has 0 radical (unpaired) electrons. The molecule has 0 aliphatic rings. The van der Waals surface area contributed by atoms with E-state index in [4.69, 9.17) is 0 Å². The predicted octanol–water partition coefficient (Wildman–Crippen LogP) is 3.00. The number of hydrogen-bond acceptors (Lipinski definition) is 0. The normalized spacial score (nSPS) is 11.4. The number of unbranched alkanes of at least 4 members (excludes halogenated alkanes) is 1. The van der Waals surface area contributed by atoms with Crippen molar-refractivity contribution in [2.75, 3.05) is 12.7 Å². The maximum absolute atomic E-state index is 4.04. The minimum absolute atomic E-state index is 1.01. The summed E-state index contributed by atoms with van der Waals surface area (Å²) in [5, 5.41) is 4.43. The van der Waals surface area contributed by atoms with Gasteiger partial charge in [-0.25, -0.2) is 0 Å². The molecule has 122 valence electrons. The zero-order valence-electron chi connectivity index (χ0n) is 14.1. The zero-order valence-corrected chi connectivity index (χ0v) is 15.0. The summed E-state index contributed by atoms with van der Waals surface area (Å²) in [6.07, 6.45) is 3.62. The van der Waals surface area contributed by atoms with E-state index in [-0.39, 0.29) is 0 Å². The third-order valence-electron chi connectivity index (χ3n) is 4.58. The van der Waals surface area contributed by atoms with Gasteiger partial charge < -0.3 is 5.73 Å². The Morgan fingerprint density at radius 1 is 0.542 bits per heavy atom. The number of quaternary nitrogens is 1. The quantitative estimate of drug-likeness (QED) is 0.508. The first-order chi connectivity index (χ1) is 11.9. The molecule has 0 aliphatic heterocycles. The maximum atomic E-state index is 4.04. The van der Waals surface area contributed by atoms with Crippen LogP contribution in [0.15, 0.2) is 91.0 Å². The van der Waals surface area contributed by atoms with Crippen molar-refractivity contribution in [3.05, 3.63) is 91.0 Å². The largest absolute Gasteiger partial charge is 0.358 e. The van der Waals surface area contributed by atoms with E-state index in [9.17, 15) is 0 Å². The predicted molar refractivity (Wildman–Crippen MR) is 107 cm³/mol. The Kier molecular flexibility index (Phi) is 5.80. The van der Waals surface area contributed by atoms with Crippen LogP contribution >= 0.6 is 7.26 Å². The second-order valence-electron chi connectivity index (χ2n) is 6.10. The highest BCUT2D eigenvalue weighted by Gasteiger charge is 2.44. The van der Waals surface area contributed by atoms with Crippen LogP contribution in [0.1, 0.15) is 12.8 Å². The second kappa shape index (κ2) is 8.24. The molecule has 0 spiro atoms. The lowest BCUT2D eigenvalue weighted by atomic mass is 10.3. The highest BCUT2D eigenvalue weighted by molar-refractivity contribution is 7.95. The smallest absolute Gasteiger partial charge is 0.112 e. The summed E-state index contributed by atoms with van der Waals surface area (Å²) in [5.41, 5.74) is 4.04. The van der Waals surface area contributed by atoms with E-state index in [2.05, 4.69) is 96.7 Å². The lowest BCUT2D eigenvalue weighted by Crippen LogP contribution is -2.50. The molecule has 3 rings (SSSR count). The third-order valence-corrected chi connectivity index (χ3v) is 9.11. The lowest BCUT2D eigenvalue weighted by Gasteiger charge is -2.27. The van der Waals surface area contributed by atoms with E-state index in [0.29, 0.717) is 0 Å². The molecule has 0 atom stereocenters. The molecular weight excluding hydrogens is 309 g/mol. The van der Waals surface area contributed by atoms with Gasteiger partial charge in [0.1, 0.15) is 23.2 Å². The van der Waals surface area contributed by atoms with E-state index in [1.807, 2.05) is 0 Å². The molecule has 24 heavy (non-hydrogen) atoms. The molecule has 0 saturated carbocycles. The molecule has 0 aliphatic carbocycles. The molecule has 2 heteroatoms. The summed E-state index contributed by atoms with van der Waals surface area (Å²) in [7, 11) is -1.61. The molecule has 0 aromatic heterocycles. The van der Waals surface area contributed by atoms with E-state index in [1.165, 1.54) is 34.9 Å². The molecule has 0 unspecified atom stereocenters. The fraction of sp³-hybridized carbons (Fsp3) is 0.182. The van der Waals surface area contributed by atoms with Crippen molar-refractivity contribution in [2.45, 2.75) is 12.8 Å². The molecule has 3 aromatic carbocycles. The fourth-order valence-corrected chi connectivity index (χ4v) is 7.82. The molecule has 0 heterocycles. The maximum Gasteiger partial charge on any atom is 0.112 e. The summed E-state index contributed by atoms with van der Waals surface area (Å²) in [4.78, 5) is 0. The SMILES string of the molecule is [NH3+]CCCC[P+](c1ccccc1)(c1ccccc1)c1ccccc1. The Labute approximate surface area is 145 Å². The van der Waals surface area contributed by atoms with Crippen LogP contribution in [0.2, 0.25) is 0 Å². The van der Waals surface area contributed by atoms with Crippen molar-refractivity contribution in [3.63, 3.8) is 0 Å². The average Bonchev–Trinajstić information content (AvgIpc) is 2.68. The Hall–Kier alpha value is -1.95. The first-order valence-corrected chi connectivity index (χ1v) is 10.7. The highest BCUT2D eigenvalue weighted by Crippen LogP contribution is 2.55. The molecule has 1 nitrogen and oxygen atoms in total. The van der Waals surface area contributed by atoms with E-state index in [1.54, 1.807) is 0 Å². The van der Waals surface area contributed by atoms with Crippen LogP contribution in [0.3, 0.4) is 0 Å². The molecule has 0 bridgehead atoms. The van der Waals surface area contributed by atoms with Gasteiger partial charge in [-0.3, -0.25) is 0 Å². The van der Waals surface area contributed by atoms with Gasteiger partial charge in [-0.05, 0) is 49.2 Å². The van der Waals surface area contributed by atoms with Gasteiger partial charge >= 0.3 is 0 Å². The van der Waals surface area contributed by atoms with Crippen LogP contribution < -0.4 is 21.6 Å². The van der Waals surface area contributed by atoms with Crippen molar-refractivity contribution in [2.24, 2.45) is 0 Å². The summed E-state index contributed by atoms with van der Waals surface area (Å²) < 4.78 is 0. The number of benzene rings is 3. The van der Waals surface area contributed by atoms with Crippen LogP contribution in [0.4, 0.5) is 0 Å². The van der Waals surface area contributed by atoms with Crippen LogP contribution in [-0.2, 0) is 0 Å². The average molecular weight is 335 g/mol. The third kappa shape index (κ3) is 3.43. The molecule has 0 saturated heterocycles. The van der Waals surface area contributed by atoms with Gasteiger partial charge in [0, 0.05) is 0 Å². The Morgan fingerprint density at radius 3 is 1.25 bits per heavy atom. The summed E-state index contributed by atoms with van der Waals surface area (Å²) >= 11 is 0. The van der Waals surface area contributed by atoms with Gasteiger partial charge in [-0.1, -0.05) is 54.6 Å². The van der Waals surface area contributed by atoms with E-state index < -0.39 is 7.26 Å². The number of rotatable bonds is 7. The minimum Gasteiger partial charge on any atom is -0.358 e. The Bertz CT molecular complexity index is 629. The zero-order chi connectivity index (χ0) is 16.7. The molecule has 0 amide bonds. The summed E-state index contributed by atoms with van der Waals surface area (Å²) in [6.45, 7) is 1.01. The van der Waals surface area contributed by atoms with Crippen molar-refractivity contribution < 1.29 is 5.73 Å². The van der Waals surface area contributed by atoms with Gasteiger partial charge in [-0.2, -0.15) is 0 Å². The second-order valence-corrected chi connectivity index (χ2v) is 9.72. The Morgan fingerprint density at radius 2 is 0.917 bits per heavy atom. The number of hydrogen-bond donors (Lipinski definition) is 1. The standard InChI is InChI=1S/C22H25NP/c23-18-10-11-19-24(20-12-4-1-5-13-20,21-14-6-2-7-15-21)22-16-8-3-9-17-22/h1-9,12-17H,10-11,18-19,23H2/q+1/p+1. The van der Waals surface area contributed by atoms with Gasteiger partial charge in [0.25, 0.3) is 0 Å². The molecule has 0 fully saturated rings. The van der Waals surface area contributed by atoms with Crippen LogP contribution in [0.5, 0.6) is 0 Å².